The minimum absolute atomic E-state index is 0.0881. The quantitative estimate of drug-likeness (QED) is 0.335. The fourth-order valence-corrected chi connectivity index (χ4v) is 1.34. The molecule has 82 valence electrons. The first-order chi connectivity index (χ1) is 6.32. The zero-order valence-electron chi connectivity index (χ0n) is 7.45. The fourth-order valence-electron chi connectivity index (χ4n) is 0.616. The number of hydrogen-bond acceptors (Lipinski definition) is 7. The summed E-state index contributed by atoms with van der Waals surface area (Å²) in [6.45, 7) is 0.375. The summed E-state index contributed by atoms with van der Waals surface area (Å²) in [7, 11) is -4.62. The van der Waals surface area contributed by atoms with Gasteiger partial charge in [-0.1, -0.05) is 6.92 Å². The lowest BCUT2D eigenvalue weighted by Gasteiger charge is -2.14. The molecule has 0 saturated carbocycles. The minimum atomic E-state index is -4.62. The van der Waals surface area contributed by atoms with Gasteiger partial charge in [-0.25, -0.2) is 0 Å². The lowest BCUT2D eigenvalue weighted by molar-refractivity contribution is -0.152. The van der Waals surface area contributed by atoms with Crippen LogP contribution in [0.4, 0.5) is 0 Å². The molecule has 14 heavy (non-hydrogen) atoms. The van der Waals surface area contributed by atoms with Gasteiger partial charge in [-0.3, -0.25) is 9.59 Å². The molecule has 1 unspecified atom stereocenters. The Morgan fingerprint density at radius 3 is 2.14 bits per heavy atom. The third-order valence-electron chi connectivity index (χ3n) is 1.28. The van der Waals surface area contributed by atoms with E-state index in [2.05, 4.69) is 4.74 Å². The van der Waals surface area contributed by atoms with E-state index < -0.39 is 32.1 Å². The molecule has 0 fully saturated rings. The molecule has 0 bridgehead atoms. The van der Waals surface area contributed by atoms with Gasteiger partial charge in [-0.2, -0.15) is 14.7 Å². The molecule has 0 aromatic carbocycles. The summed E-state index contributed by atoms with van der Waals surface area (Å²) in [6, 6.07) is 0. The van der Waals surface area contributed by atoms with Gasteiger partial charge < -0.3 is 9.84 Å². The van der Waals surface area contributed by atoms with Crippen molar-refractivity contribution >= 4 is 19.7 Å². The van der Waals surface area contributed by atoms with Crippen molar-refractivity contribution in [2.45, 2.75) is 19.2 Å². The summed E-state index contributed by atoms with van der Waals surface area (Å²) in [6.07, 6.45) is -0.0881. The molecule has 0 spiro atoms. The largest absolute Gasteiger partial charge is 0.456 e. The minimum Gasteiger partial charge on any atom is -0.412 e. The number of carbonyl (C=O) groups is 2. The number of aliphatic hydroxyl groups is 1. The van der Waals surface area contributed by atoms with E-state index in [-0.39, 0.29) is 6.42 Å². The molecule has 0 aliphatic rings. The zero-order valence-corrected chi connectivity index (χ0v) is 8.35. The van der Waals surface area contributed by atoms with E-state index in [1.165, 1.54) is 6.92 Å². The summed E-state index contributed by atoms with van der Waals surface area (Å²) in [5.41, 5.74) is 0. The van der Waals surface area contributed by atoms with Crippen LogP contribution >= 0.6 is 7.94 Å². The van der Waals surface area contributed by atoms with Crippen LogP contribution in [0.15, 0.2) is 0 Å². The highest BCUT2D eigenvalue weighted by atomic mass is 31.2. The number of Topliss-reactive ketones (excluding diaryl/α,β-unsaturated/α-hetero) is 1. The van der Waals surface area contributed by atoms with E-state index in [1.54, 1.807) is 0 Å². The highest BCUT2D eigenvalue weighted by molar-refractivity contribution is 7.60. The lowest BCUT2D eigenvalue weighted by Crippen LogP contribution is -2.31. The Morgan fingerprint density at radius 1 is 1.36 bits per heavy atom. The molecule has 0 aliphatic heterocycles. The first kappa shape index (κ1) is 13.4. The third kappa shape index (κ3) is 4.08. The number of aliphatic hydroxyl groups excluding tert-OH is 1. The van der Waals surface area contributed by atoms with Gasteiger partial charge in [0.05, 0.1) is 0 Å². The Labute approximate surface area is 80.5 Å². The maximum atomic E-state index is 10.8. The van der Waals surface area contributed by atoms with E-state index in [9.17, 15) is 9.59 Å². The molecule has 8 heteroatoms. The third-order valence-corrected chi connectivity index (χ3v) is 2.30. The van der Waals surface area contributed by atoms with E-state index in [4.69, 9.17) is 19.8 Å². The van der Waals surface area contributed by atoms with Crippen LogP contribution in [0.5, 0.6) is 0 Å². The summed E-state index contributed by atoms with van der Waals surface area (Å²) in [5.74, 6) is -4.12. The first-order valence-electron chi connectivity index (χ1n) is 3.73. The Kier molecular flexibility index (Phi) is 5.11. The van der Waals surface area contributed by atoms with Crippen molar-refractivity contribution in [3.8, 4) is 0 Å². The van der Waals surface area contributed by atoms with Crippen molar-refractivity contribution in [2.75, 3.05) is 6.61 Å². The SMILES string of the molecule is CCC(=O)OC(C(=O)CO)[P+](O)(O)O. The number of hydrogen-bond donors (Lipinski definition) is 4. The van der Waals surface area contributed by atoms with Crippen LogP contribution in [0.3, 0.4) is 0 Å². The highest BCUT2D eigenvalue weighted by Gasteiger charge is 2.51. The second kappa shape index (κ2) is 5.33. The predicted molar refractivity (Wildman–Crippen MR) is 45.8 cm³/mol. The second-order valence-electron chi connectivity index (χ2n) is 2.43. The van der Waals surface area contributed by atoms with Crippen molar-refractivity contribution < 1.29 is 34.1 Å². The van der Waals surface area contributed by atoms with Crippen LogP contribution < -0.4 is 0 Å². The molecule has 0 radical (unpaired) electrons. The molecular formula is C6H12O7P+. The average Bonchev–Trinajstić information content (AvgIpc) is 2.10. The molecule has 0 heterocycles. The average molecular weight is 227 g/mol. The lowest BCUT2D eigenvalue weighted by atomic mass is 10.4. The Balaban J connectivity index is 4.58. The highest BCUT2D eigenvalue weighted by Crippen LogP contribution is 2.51. The fraction of sp³-hybridized carbons (Fsp3) is 0.667. The summed E-state index contributed by atoms with van der Waals surface area (Å²) in [5, 5.41) is 8.40. The molecule has 0 aromatic heterocycles. The van der Waals surface area contributed by atoms with Crippen molar-refractivity contribution in [1.82, 2.24) is 0 Å². The monoisotopic (exact) mass is 227 g/mol. The van der Waals surface area contributed by atoms with Gasteiger partial charge in [0.25, 0.3) is 0 Å². The van der Waals surface area contributed by atoms with E-state index >= 15 is 0 Å². The normalized spacial score (nSPS) is 13.5. The summed E-state index contributed by atoms with van der Waals surface area (Å²) >= 11 is 0. The second-order valence-corrected chi connectivity index (χ2v) is 4.13. The van der Waals surface area contributed by atoms with Gasteiger partial charge in [-0.15, -0.1) is 0 Å². The van der Waals surface area contributed by atoms with Crippen LogP contribution in [-0.2, 0) is 14.3 Å². The summed E-state index contributed by atoms with van der Waals surface area (Å²) in [4.78, 5) is 47.8. The number of esters is 1. The molecule has 0 aliphatic carbocycles. The molecular weight excluding hydrogens is 215 g/mol. The standard InChI is InChI=1S/C6H12O7P/c1-2-5(9)13-6(4(8)3-7)14(10,11)12/h6-7,10-12H,2-3H2,1H3/q+1. The number of rotatable bonds is 5. The molecule has 4 N–H and O–H groups in total. The Hall–Kier alpha value is -0.590. The number of ether oxygens (including phenoxy) is 1. The Morgan fingerprint density at radius 2 is 1.86 bits per heavy atom. The number of ketones is 1. The van der Waals surface area contributed by atoms with Gasteiger partial charge in [-0.05, 0) is 0 Å². The predicted octanol–water partition coefficient (Wildman–Crippen LogP) is -1.43. The van der Waals surface area contributed by atoms with Crippen LogP contribution in [0.1, 0.15) is 13.3 Å². The number of carbonyl (C=O) groups excluding carboxylic acids is 2. The first-order valence-corrected chi connectivity index (χ1v) is 5.44. The zero-order chi connectivity index (χ0) is 11.4. The van der Waals surface area contributed by atoms with Gasteiger partial charge in [0.15, 0.2) is 0 Å². The van der Waals surface area contributed by atoms with Gasteiger partial charge in [0, 0.05) is 6.42 Å². The molecule has 0 saturated heterocycles. The van der Waals surface area contributed by atoms with Gasteiger partial charge in [0.2, 0.25) is 5.78 Å². The van der Waals surface area contributed by atoms with Crippen LogP contribution in [0, 0.1) is 0 Å². The Bertz CT molecular complexity index is 221. The summed E-state index contributed by atoms with van der Waals surface area (Å²) < 4.78 is 4.27. The maximum Gasteiger partial charge on any atom is 0.456 e. The van der Waals surface area contributed by atoms with Crippen LogP contribution in [-0.4, -0.2) is 44.0 Å². The van der Waals surface area contributed by atoms with Crippen molar-refractivity contribution in [3.05, 3.63) is 0 Å². The van der Waals surface area contributed by atoms with Crippen molar-refractivity contribution in [2.24, 2.45) is 0 Å². The molecule has 0 aromatic rings. The van der Waals surface area contributed by atoms with Crippen LogP contribution in [0.2, 0.25) is 0 Å². The smallest absolute Gasteiger partial charge is 0.412 e. The van der Waals surface area contributed by atoms with E-state index in [0.717, 1.165) is 0 Å². The molecule has 7 nitrogen and oxygen atoms in total. The molecule has 0 amide bonds. The van der Waals surface area contributed by atoms with Crippen LogP contribution in [0.25, 0.3) is 0 Å². The van der Waals surface area contributed by atoms with E-state index in [1.807, 2.05) is 0 Å². The van der Waals surface area contributed by atoms with Crippen molar-refractivity contribution in [1.29, 1.82) is 0 Å². The molecule has 1 atom stereocenters. The van der Waals surface area contributed by atoms with Gasteiger partial charge in [0.1, 0.15) is 6.61 Å². The van der Waals surface area contributed by atoms with Gasteiger partial charge >= 0.3 is 19.8 Å². The van der Waals surface area contributed by atoms with E-state index in [0.29, 0.717) is 0 Å². The molecule has 0 rings (SSSR count). The topological polar surface area (TPSA) is 124 Å². The van der Waals surface area contributed by atoms with Crippen molar-refractivity contribution in [3.63, 3.8) is 0 Å². The maximum absolute atomic E-state index is 10.8.